The predicted molar refractivity (Wildman–Crippen MR) is 51.6 cm³/mol. The molecule has 0 aromatic carbocycles. The van der Waals surface area contributed by atoms with Gasteiger partial charge in [-0.3, -0.25) is 4.40 Å². The first-order valence-corrected chi connectivity index (χ1v) is 4.93. The summed E-state index contributed by atoms with van der Waals surface area (Å²) in [6, 6.07) is 0. The lowest BCUT2D eigenvalue weighted by Crippen LogP contribution is -2.05. The van der Waals surface area contributed by atoms with Crippen molar-refractivity contribution in [1.29, 1.82) is 0 Å². The lowest BCUT2D eigenvalue weighted by atomic mass is 10.3. The number of imidazole rings is 1. The molecule has 2 aromatic rings. The van der Waals surface area contributed by atoms with Crippen molar-refractivity contribution in [2.45, 2.75) is 13.3 Å². The van der Waals surface area contributed by atoms with E-state index in [0.29, 0.717) is 6.61 Å². The molecule has 0 amide bonds. The Bertz CT molecular complexity index is 406. The van der Waals surface area contributed by atoms with Crippen LogP contribution in [0.15, 0.2) is 11.6 Å². The van der Waals surface area contributed by atoms with Crippen LogP contribution in [0.25, 0.3) is 4.96 Å². The summed E-state index contributed by atoms with van der Waals surface area (Å²) in [5.74, 6) is 4.99. The van der Waals surface area contributed by atoms with Gasteiger partial charge in [-0.15, -0.1) is 11.3 Å². The Labute approximate surface area is 79.9 Å². The monoisotopic (exact) mass is 197 g/mol. The second kappa shape index (κ2) is 3.45. The van der Waals surface area contributed by atoms with Crippen molar-refractivity contribution in [2.24, 2.45) is 5.90 Å². The van der Waals surface area contributed by atoms with Gasteiger partial charge in [0.25, 0.3) is 0 Å². The van der Waals surface area contributed by atoms with Gasteiger partial charge in [0.15, 0.2) is 4.96 Å². The van der Waals surface area contributed by atoms with E-state index in [2.05, 4.69) is 14.2 Å². The Morgan fingerprint density at radius 1 is 1.69 bits per heavy atom. The van der Waals surface area contributed by atoms with E-state index in [1.165, 1.54) is 5.69 Å². The normalized spacial score (nSPS) is 11.2. The molecule has 0 fully saturated rings. The van der Waals surface area contributed by atoms with E-state index in [9.17, 15) is 0 Å². The summed E-state index contributed by atoms with van der Waals surface area (Å²) in [6.45, 7) is 2.54. The molecule has 70 valence electrons. The van der Waals surface area contributed by atoms with Gasteiger partial charge < -0.3 is 4.84 Å². The third-order valence-electron chi connectivity index (χ3n) is 2.02. The molecule has 2 aromatic heterocycles. The second-order valence-electron chi connectivity index (χ2n) is 2.82. The number of nitrogens with zero attached hydrogens (tertiary/aromatic N) is 2. The fraction of sp³-hybridized carbons (Fsp3) is 0.375. The summed E-state index contributed by atoms with van der Waals surface area (Å²) in [6.07, 6.45) is 2.83. The highest BCUT2D eigenvalue weighted by molar-refractivity contribution is 7.15. The minimum atomic E-state index is 0.532. The molecule has 0 atom stereocenters. The average molecular weight is 197 g/mol. The van der Waals surface area contributed by atoms with Crippen LogP contribution in [0.1, 0.15) is 11.4 Å². The van der Waals surface area contributed by atoms with Crippen LogP contribution in [-0.2, 0) is 11.3 Å². The van der Waals surface area contributed by atoms with Gasteiger partial charge in [0.1, 0.15) is 0 Å². The molecule has 2 N–H and O–H groups in total. The molecular formula is C8H11N3OS. The van der Waals surface area contributed by atoms with Crippen molar-refractivity contribution < 1.29 is 4.84 Å². The summed E-state index contributed by atoms with van der Waals surface area (Å²) in [7, 11) is 0. The van der Waals surface area contributed by atoms with E-state index in [-0.39, 0.29) is 0 Å². The van der Waals surface area contributed by atoms with Crippen molar-refractivity contribution >= 4 is 16.3 Å². The highest BCUT2D eigenvalue weighted by atomic mass is 32.1. The molecule has 0 aliphatic rings. The van der Waals surface area contributed by atoms with E-state index in [4.69, 9.17) is 5.90 Å². The molecule has 0 radical (unpaired) electrons. The minimum Gasteiger partial charge on any atom is -0.304 e. The molecule has 4 nitrogen and oxygen atoms in total. The van der Waals surface area contributed by atoms with Gasteiger partial charge in [-0.05, 0) is 6.92 Å². The van der Waals surface area contributed by atoms with Crippen molar-refractivity contribution in [3.8, 4) is 0 Å². The van der Waals surface area contributed by atoms with Gasteiger partial charge in [-0.2, -0.15) is 0 Å². The van der Waals surface area contributed by atoms with E-state index in [1.54, 1.807) is 11.3 Å². The maximum atomic E-state index is 4.99. The second-order valence-corrected chi connectivity index (χ2v) is 3.69. The number of aromatic nitrogens is 2. The topological polar surface area (TPSA) is 52.5 Å². The zero-order chi connectivity index (χ0) is 9.26. The van der Waals surface area contributed by atoms with E-state index >= 15 is 0 Å². The molecule has 5 heteroatoms. The van der Waals surface area contributed by atoms with Crippen LogP contribution in [0.5, 0.6) is 0 Å². The quantitative estimate of drug-likeness (QED) is 0.751. The van der Waals surface area contributed by atoms with Gasteiger partial charge in [0.2, 0.25) is 0 Å². The summed E-state index contributed by atoms with van der Waals surface area (Å²) in [5.41, 5.74) is 2.24. The van der Waals surface area contributed by atoms with Crippen LogP contribution in [0, 0.1) is 6.92 Å². The van der Waals surface area contributed by atoms with E-state index in [1.807, 2.05) is 18.5 Å². The first-order valence-electron chi connectivity index (χ1n) is 4.05. The molecule has 0 spiro atoms. The van der Waals surface area contributed by atoms with Crippen molar-refractivity contribution in [3.63, 3.8) is 0 Å². The Hall–Kier alpha value is -0.910. The first kappa shape index (κ1) is 8.68. The molecule has 0 aliphatic carbocycles. The standard InChI is InChI=1S/C8H11N3OS/c1-6-7(2-4-12-9)11-3-5-13-8(11)10-6/h3,5H,2,4,9H2,1H3. The third-order valence-corrected chi connectivity index (χ3v) is 2.77. The maximum absolute atomic E-state index is 4.99. The number of thiazole rings is 1. The Balaban J connectivity index is 2.39. The van der Waals surface area contributed by atoms with E-state index in [0.717, 1.165) is 17.1 Å². The lowest BCUT2D eigenvalue weighted by molar-refractivity contribution is 0.140. The summed E-state index contributed by atoms with van der Waals surface area (Å²) >= 11 is 1.64. The fourth-order valence-electron chi connectivity index (χ4n) is 1.40. The van der Waals surface area contributed by atoms with Crippen LogP contribution in [0.2, 0.25) is 0 Å². The smallest absolute Gasteiger partial charge is 0.194 e. The first-order chi connectivity index (χ1) is 6.33. The summed E-state index contributed by atoms with van der Waals surface area (Å²) < 4.78 is 2.08. The molecule has 2 heterocycles. The number of nitrogens with two attached hydrogens (primary N) is 1. The zero-order valence-electron chi connectivity index (χ0n) is 7.36. The van der Waals surface area contributed by atoms with Crippen LogP contribution >= 0.6 is 11.3 Å². The van der Waals surface area contributed by atoms with Crippen molar-refractivity contribution in [1.82, 2.24) is 9.38 Å². The van der Waals surface area contributed by atoms with Gasteiger partial charge in [-0.25, -0.2) is 10.9 Å². The number of aryl methyl sites for hydroxylation is 1. The number of hydrogen-bond donors (Lipinski definition) is 1. The molecule has 0 saturated carbocycles. The molecule has 13 heavy (non-hydrogen) atoms. The SMILES string of the molecule is Cc1nc2sccn2c1CCON. The molecule has 0 aliphatic heterocycles. The van der Waals surface area contributed by atoms with E-state index < -0.39 is 0 Å². The minimum absolute atomic E-state index is 0.532. The predicted octanol–water partition coefficient (Wildman–Crippen LogP) is 1.14. The van der Waals surface area contributed by atoms with Crippen LogP contribution in [-0.4, -0.2) is 16.0 Å². The van der Waals surface area contributed by atoms with Gasteiger partial charge in [-0.1, -0.05) is 0 Å². The Morgan fingerprint density at radius 2 is 2.54 bits per heavy atom. The van der Waals surface area contributed by atoms with Gasteiger partial charge in [0.05, 0.1) is 12.3 Å². The average Bonchev–Trinajstić information content (AvgIpc) is 2.62. The molecule has 2 rings (SSSR count). The molecule has 0 saturated heterocycles. The largest absolute Gasteiger partial charge is 0.304 e. The van der Waals surface area contributed by atoms with Crippen LogP contribution in [0.4, 0.5) is 0 Å². The molecule has 0 unspecified atom stereocenters. The highest BCUT2D eigenvalue weighted by Gasteiger charge is 2.08. The highest BCUT2D eigenvalue weighted by Crippen LogP contribution is 2.16. The Morgan fingerprint density at radius 3 is 3.31 bits per heavy atom. The number of rotatable bonds is 3. The van der Waals surface area contributed by atoms with Crippen molar-refractivity contribution in [3.05, 3.63) is 23.0 Å². The molecule has 0 bridgehead atoms. The lowest BCUT2D eigenvalue weighted by Gasteiger charge is -1.98. The summed E-state index contributed by atoms with van der Waals surface area (Å²) in [5, 5.41) is 2.02. The number of fused-ring (bicyclic) bond motifs is 1. The van der Waals surface area contributed by atoms with Gasteiger partial charge in [0, 0.05) is 23.7 Å². The van der Waals surface area contributed by atoms with Crippen LogP contribution in [0.3, 0.4) is 0 Å². The summed E-state index contributed by atoms with van der Waals surface area (Å²) in [4.78, 5) is 10.0. The van der Waals surface area contributed by atoms with Gasteiger partial charge >= 0.3 is 0 Å². The fourth-order valence-corrected chi connectivity index (χ4v) is 2.18. The van der Waals surface area contributed by atoms with Crippen molar-refractivity contribution in [2.75, 3.05) is 6.61 Å². The third kappa shape index (κ3) is 1.46. The Kier molecular flexibility index (Phi) is 2.30. The molecular weight excluding hydrogens is 186 g/mol. The zero-order valence-corrected chi connectivity index (χ0v) is 8.17. The maximum Gasteiger partial charge on any atom is 0.194 e. The number of hydrogen-bond acceptors (Lipinski definition) is 4. The van der Waals surface area contributed by atoms with Crippen LogP contribution < -0.4 is 5.90 Å².